The number of hydrogen-bond donors (Lipinski definition) is 1. The van der Waals surface area contributed by atoms with Crippen molar-refractivity contribution in [2.75, 3.05) is 13.1 Å². The summed E-state index contributed by atoms with van der Waals surface area (Å²) in [7, 11) is -3.63. The molecule has 1 aliphatic heterocycles. The smallest absolute Gasteiger partial charge is 0.410 e. The number of nitrogens with one attached hydrogen (secondary N) is 1. The van der Waals surface area contributed by atoms with Gasteiger partial charge in [0, 0.05) is 19.1 Å². The van der Waals surface area contributed by atoms with E-state index in [-0.39, 0.29) is 18.3 Å². The number of sulfonamides is 1. The number of rotatable bonds is 4. The predicted octanol–water partition coefficient (Wildman–Crippen LogP) is 2.64. The minimum absolute atomic E-state index is 0.261. The van der Waals surface area contributed by atoms with Gasteiger partial charge in [0.2, 0.25) is 10.0 Å². The Labute approximate surface area is 148 Å². The van der Waals surface area contributed by atoms with E-state index in [1.807, 2.05) is 0 Å². The molecule has 25 heavy (non-hydrogen) atoms. The van der Waals surface area contributed by atoms with Crippen LogP contribution in [-0.4, -0.2) is 44.1 Å². The van der Waals surface area contributed by atoms with Crippen LogP contribution in [0.5, 0.6) is 0 Å². The molecule has 0 saturated carbocycles. The zero-order valence-corrected chi connectivity index (χ0v) is 15.6. The van der Waals surface area contributed by atoms with Crippen molar-refractivity contribution in [1.29, 1.82) is 0 Å². The van der Waals surface area contributed by atoms with E-state index >= 15 is 0 Å². The highest BCUT2D eigenvalue weighted by Gasteiger charge is 2.29. The topological polar surface area (TPSA) is 75.7 Å². The van der Waals surface area contributed by atoms with Gasteiger partial charge in [-0.2, -0.15) is 0 Å². The summed E-state index contributed by atoms with van der Waals surface area (Å²) in [5, 5.41) is 0. The first-order valence-corrected chi connectivity index (χ1v) is 9.92. The van der Waals surface area contributed by atoms with Crippen molar-refractivity contribution in [1.82, 2.24) is 9.62 Å². The van der Waals surface area contributed by atoms with Gasteiger partial charge in [-0.3, -0.25) is 0 Å². The normalized spacial score (nSPS) is 18.9. The Morgan fingerprint density at radius 3 is 2.76 bits per heavy atom. The minimum atomic E-state index is -3.63. The number of likely N-dealkylation sites (tertiary alicyclic amines) is 1. The fraction of sp³-hybridized carbons (Fsp3) is 0.588. The average Bonchev–Trinajstić information content (AvgIpc) is 2.44. The maximum Gasteiger partial charge on any atom is 0.410 e. The van der Waals surface area contributed by atoms with Crippen molar-refractivity contribution in [3.63, 3.8) is 0 Å². The highest BCUT2D eigenvalue weighted by atomic mass is 32.2. The van der Waals surface area contributed by atoms with Crippen molar-refractivity contribution in [2.45, 2.75) is 51.0 Å². The van der Waals surface area contributed by atoms with Crippen LogP contribution in [0.2, 0.25) is 0 Å². The standard InChI is InChI=1S/C17H25FN2O4S/c1-17(2,3)24-16(21)20-9-5-8-15(11-20)19-25(22,23)12-13-6-4-7-14(18)10-13/h4,6-7,10,15,19H,5,8-9,11-12H2,1-3H3/t15-/m1/s1. The second-order valence-corrected chi connectivity index (χ2v) is 9.03. The first-order valence-electron chi connectivity index (χ1n) is 8.26. The van der Waals surface area contributed by atoms with Crippen LogP contribution in [-0.2, 0) is 20.5 Å². The fourth-order valence-electron chi connectivity index (χ4n) is 2.71. The molecule has 2 rings (SSSR count). The van der Waals surface area contributed by atoms with E-state index < -0.39 is 27.5 Å². The molecular weight excluding hydrogens is 347 g/mol. The maximum absolute atomic E-state index is 13.2. The molecule has 6 nitrogen and oxygen atoms in total. The minimum Gasteiger partial charge on any atom is -0.444 e. The highest BCUT2D eigenvalue weighted by molar-refractivity contribution is 7.88. The van der Waals surface area contributed by atoms with Crippen LogP contribution >= 0.6 is 0 Å². The average molecular weight is 372 g/mol. The summed E-state index contributed by atoms with van der Waals surface area (Å²) >= 11 is 0. The molecule has 1 aromatic carbocycles. The second kappa shape index (κ2) is 7.70. The van der Waals surface area contributed by atoms with Crippen molar-refractivity contribution in [3.05, 3.63) is 35.6 Å². The van der Waals surface area contributed by atoms with Gasteiger partial charge in [-0.15, -0.1) is 0 Å². The summed E-state index contributed by atoms with van der Waals surface area (Å²) in [4.78, 5) is 13.7. The number of amides is 1. The molecule has 1 fully saturated rings. The number of halogens is 1. The monoisotopic (exact) mass is 372 g/mol. The van der Waals surface area contributed by atoms with Gasteiger partial charge in [0.25, 0.3) is 0 Å². The lowest BCUT2D eigenvalue weighted by molar-refractivity contribution is 0.0195. The van der Waals surface area contributed by atoms with Gasteiger partial charge in [-0.25, -0.2) is 22.3 Å². The number of piperidine rings is 1. The molecule has 1 heterocycles. The van der Waals surface area contributed by atoms with Crippen LogP contribution in [0.3, 0.4) is 0 Å². The molecule has 0 aliphatic carbocycles. The lowest BCUT2D eigenvalue weighted by atomic mass is 10.1. The van der Waals surface area contributed by atoms with Gasteiger partial charge in [-0.05, 0) is 51.3 Å². The highest BCUT2D eigenvalue weighted by Crippen LogP contribution is 2.17. The lowest BCUT2D eigenvalue weighted by Gasteiger charge is -2.34. The van der Waals surface area contributed by atoms with Crippen LogP contribution < -0.4 is 4.72 Å². The molecule has 1 atom stereocenters. The van der Waals surface area contributed by atoms with Gasteiger partial charge in [0.05, 0.1) is 5.75 Å². The maximum atomic E-state index is 13.2. The summed E-state index contributed by atoms with van der Waals surface area (Å²) in [6, 6.07) is 5.14. The van der Waals surface area contributed by atoms with Crippen molar-refractivity contribution in [2.24, 2.45) is 0 Å². The third-order valence-electron chi connectivity index (χ3n) is 3.67. The molecule has 0 spiro atoms. The zero-order chi connectivity index (χ0) is 18.7. The summed E-state index contributed by atoms with van der Waals surface area (Å²) in [5.74, 6) is -0.769. The molecule has 1 N–H and O–H groups in total. The summed E-state index contributed by atoms with van der Waals surface area (Å²) in [5.41, 5.74) is -0.215. The molecule has 0 radical (unpaired) electrons. The van der Waals surface area contributed by atoms with Crippen LogP contribution in [0.4, 0.5) is 9.18 Å². The number of nitrogens with zero attached hydrogens (tertiary/aromatic N) is 1. The summed E-state index contributed by atoms with van der Waals surface area (Å²) in [6.07, 6.45) is 0.884. The van der Waals surface area contributed by atoms with Gasteiger partial charge < -0.3 is 9.64 Å². The van der Waals surface area contributed by atoms with E-state index in [2.05, 4.69) is 4.72 Å². The number of carbonyl (C=O) groups excluding carboxylic acids is 1. The Balaban J connectivity index is 1.96. The summed E-state index contributed by atoms with van der Waals surface area (Å²) < 4.78 is 45.8. The van der Waals surface area contributed by atoms with Crippen molar-refractivity contribution in [3.8, 4) is 0 Å². The van der Waals surface area contributed by atoms with E-state index in [0.717, 1.165) is 0 Å². The summed E-state index contributed by atoms with van der Waals surface area (Å²) in [6.45, 7) is 6.16. The molecule has 1 amide bonds. The quantitative estimate of drug-likeness (QED) is 0.882. The molecule has 0 unspecified atom stereocenters. The Hall–Kier alpha value is -1.67. The first-order chi connectivity index (χ1) is 11.5. The molecule has 1 aromatic rings. The van der Waals surface area contributed by atoms with Crippen LogP contribution in [0.1, 0.15) is 39.2 Å². The van der Waals surface area contributed by atoms with Gasteiger partial charge in [0.1, 0.15) is 11.4 Å². The molecule has 1 saturated heterocycles. The second-order valence-electron chi connectivity index (χ2n) is 7.27. The van der Waals surface area contributed by atoms with E-state index in [0.29, 0.717) is 24.9 Å². The lowest BCUT2D eigenvalue weighted by Crippen LogP contribution is -2.50. The molecule has 0 bridgehead atoms. The number of hydrogen-bond acceptors (Lipinski definition) is 4. The van der Waals surface area contributed by atoms with Crippen LogP contribution in [0, 0.1) is 5.82 Å². The Kier molecular flexibility index (Phi) is 6.05. The van der Waals surface area contributed by atoms with E-state index in [4.69, 9.17) is 4.74 Å². The van der Waals surface area contributed by atoms with E-state index in [1.54, 1.807) is 26.8 Å². The van der Waals surface area contributed by atoms with Crippen LogP contribution in [0.15, 0.2) is 24.3 Å². The van der Waals surface area contributed by atoms with E-state index in [9.17, 15) is 17.6 Å². The van der Waals surface area contributed by atoms with Crippen molar-refractivity contribution < 1.29 is 22.3 Å². The third kappa shape index (κ3) is 6.62. The molecular formula is C17H25FN2O4S. The molecule has 0 aromatic heterocycles. The molecule has 140 valence electrons. The number of ether oxygens (including phenoxy) is 1. The Bertz CT molecular complexity index is 716. The van der Waals surface area contributed by atoms with E-state index in [1.165, 1.54) is 23.1 Å². The largest absolute Gasteiger partial charge is 0.444 e. The van der Waals surface area contributed by atoms with Gasteiger partial charge in [0.15, 0.2) is 0 Å². The fourth-order valence-corrected chi connectivity index (χ4v) is 4.11. The molecule has 8 heteroatoms. The Morgan fingerprint density at radius 2 is 2.12 bits per heavy atom. The number of carbonyl (C=O) groups is 1. The van der Waals surface area contributed by atoms with Crippen molar-refractivity contribution >= 4 is 16.1 Å². The van der Waals surface area contributed by atoms with Crippen LogP contribution in [0.25, 0.3) is 0 Å². The third-order valence-corrected chi connectivity index (χ3v) is 5.07. The number of benzene rings is 1. The van der Waals surface area contributed by atoms with Gasteiger partial charge >= 0.3 is 6.09 Å². The van der Waals surface area contributed by atoms with Gasteiger partial charge in [-0.1, -0.05) is 12.1 Å². The molecule has 1 aliphatic rings. The predicted molar refractivity (Wildman–Crippen MR) is 93.0 cm³/mol. The SMILES string of the molecule is CC(C)(C)OC(=O)N1CCC[C@@H](NS(=O)(=O)Cc2cccc(F)c2)C1. The zero-order valence-electron chi connectivity index (χ0n) is 14.8. The Morgan fingerprint density at radius 1 is 1.40 bits per heavy atom. The first kappa shape index (κ1) is 19.7.